The average Bonchev–Trinajstić information content (AvgIpc) is 2.13. The van der Waals surface area contributed by atoms with Crippen LogP contribution in [0.5, 0.6) is 0 Å². The van der Waals surface area contributed by atoms with Crippen molar-refractivity contribution in [3.63, 3.8) is 0 Å². The van der Waals surface area contributed by atoms with E-state index in [1.807, 2.05) is 0 Å². The number of hydrogen-bond acceptors (Lipinski definition) is 5. The van der Waals surface area contributed by atoms with Crippen LogP contribution in [0.3, 0.4) is 0 Å². The van der Waals surface area contributed by atoms with Gasteiger partial charge in [-0.05, 0) is 6.92 Å². The molecule has 4 atom stereocenters. The van der Waals surface area contributed by atoms with E-state index in [4.69, 9.17) is 14.6 Å². The molecule has 0 aromatic heterocycles. The van der Waals surface area contributed by atoms with Crippen molar-refractivity contribution < 1.29 is 19.7 Å². The first-order valence-electron chi connectivity index (χ1n) is 4.39. The molecule has 4 unspecified atom stereocenters. The predicted molar refractivity (Wildman–Crippen MR) is 46.0 cm³/mol. The molecule has 1 heterocycles. The third kappa shape index (κ3) is 2.62. The normalized spacial score (nSPS) is 40.6. The smallest absolute Gasteiger partial charge is 0.159 e. The van der Waals surface area contributed by atoms with Crippen LogP contribution in [0.25, 0.3) is 0 Å². The molecule has 3 N–H and O–H groups in total. The van der Waals surface area contributed by atoms with Crippen LogP contribution in [0.2, 0.25) is 0 Å². The van der Waals surface area contributed by atoms with Crippen LogP contribution >= 0.6 is 0 Å². The second kappa shape index (κ2) is 4.88. The first-order chi connectivity index (χ1) is 6.19. The zero-order chi connectivity index (χ0) is 9.84. The Labute approximate surface area is 77.7 Å². The molecule has 0 spiro atoms. The molecule has 1 aliphatic rings. The summed E-state index contributed by atoms with van der Waals surface area (Å²) in [5.74, 6) is 0. The van der Waals surface area contributed by atoms with Gasteiger partial charge in [-0.1, -0.05) is 0 Å². The minimum atomic E-state index is -0.599. The van der Waals surface area contributed by atoms with Gasteiger partial charge in [0.15, 0.2) is 6.29 Å². The third-order valence-corrected chi connectivity index (χ3v) is 2.32. The molecule has 0 aliphatic carbocycles. The number of hydrogen-bond donors (Lipinski definition) is 3. The summed E-state index contributed by atoms with van der Waals surface area (Å²) in [6, 6.07) is -0.168. The van der Waals surface area contributed by atoms with Crippen molar-refractivity contribution in [3.8, 4) is 0 Å². The zero-order valence-electron chi connectivity index (χ0n) is 7.93. The Hall–Kier alpha value is -0.200. The van der Waals surface area contributed by atoms with E-state index < -0.39 is 6.10 Å². The fraction of sp³-hybridized carbons (Fsp3) is 1.00. The van der Waals surface area contributed by atoms with Crippen molar-refractivity contribution in [1.82, 2.24) is 5.32 Å². The van der Waals surface area contributed by atoms with E-state index >= 15 is 0 Å². The summed E-state index contributed by atoms with van der Waals surface area (Å²) in [6.45, 7) is 1.63. The molecule has 0 aromatic carbocycles. The highest BCUT2D eigenvalue weighted by Crippen LogP contribution is 2.20. The van der Waals surface area contributed by atoms with Crippen molar-refractivity contribution in [3.05, 3.63) is 0 Å². The number of aliphatic hydroxyl groups excluding tert-OH is 2. The van der Waals surface area contributed by atoms with Gasteiger partial charge in [0.05, 0.1) is 18.9 Å². The lowest BCUT2D eigenvalue weighted by molar-refractivity contribution is -0.216. The van der Waals surface area contributed by atoms with Gasteiger partial charge in [-0.3, -0.25) is 5.32 Å². The number of ether oxygens (including phenoxy) is 2. The fourth-order valence-corrected chi connectivity index (χ4v) is 1.52. The first kappa shape index (κ1) is 10.9. The number of rotatable bonds is 3. The van der Waals surface area contributed by atoms with E-state index in [1.54, 1.807) is 14.0 Å². The van der Waals surface area contributed by atoms with Crippen LogP contribution in [0.4, 0.5) is 0 Å². The molecule has 0 bridgehead atoms. The zero-order valence-corrected chi connectivity index (χ0v) is 7.93. The highest BCUT2D eigenvalue weighted by atomic mass is 16.7. The molecular weight excluding hydrogens is 174 g/mol. The van der Waals surface area contributed by atoms with Crippen LogP contribution in [-0.2, 0) is 9.47 Å². The largest absolute Gasteiger partial charge is 0.389 e. The Kier molecular flexibility index (Phi) is 4.08. The molecular formula is C8H17NO4. The standard InChI is InChI=1S/C8H17NO4/c1-5-8(11)6(9-4-10)3-7(12-2)13-5/h5-11H,3-4H2,1-2H3. The van der Waals surface area contributed by atoms with Crippen molar-refractivity contribution in [2.75, 3.05) is 13.8 Å². The van der Waals surface area contributed by atoms with Gasteiger partial charge < -0.3 is 19.7 Å². The molecule has 1 rings (SSSR count). The highest BCUT2D eigenvalue weighted by molar-refractivity contribution is 4.84. The molecule has 0 aromatic rings. The molecule has 0 radical (unpaired) electrons. The van der Waals surface area contributed by atoms with E-state index in [9.17, 15) is 5.11 Å². The van der Waals surface area contributed by atoms with E-state index in [0.717, 1.165) is 0 Å². The van der Waals surface area contributed by atoms with Crippen molar-refractivity contribution in [2.45, 2.75) is 37.9 Å². The lowest BCUT2D eigenvalue weighted by atomic mass is 10.00. The van der Waals surface area contributed by atoms with Gasteiger partial charge in [0.25, 0.3) is 0 Å². The van der Waals surface area contributed by atoms with Crippen molar-refractivity contribution >= 4 is 0 Å². The quantitative estimate of drug-likeness (QED) is 0.501. The maximum atomic E-state index is 9.63. The number of aliphatic hydroxyl groups is 2. The fourth-order valence-electron chi connectivity index (χ4n) is 1.52. The van der Waals surface area contributed by atoms with Crippen LogP contribution in [0.1, 0.15) is 13.3 Å². The van der Waals surface area contributed by atoms with Crippen LogP contribution in [0, 0.1) is 0 Å². The van der Waals surface area contributed by atoms with Crippen LogP contribution in [0.15, 0.2) is 0 Å². The molecule has 78 valence electrons. The molecule has 1 fully saturated rings. The van der Waals surface area contributed by atoms with E-state index in [1.165, 1.54) is 0 Å². The minimum absolute atomic E-state index is 0.148. The lowest BCUT2D eigenvalue weighted by Gasteiger charge is -2.37. The Morgan fingerprint density at radius 2 is 2.31 bits per heavy atom. The summed E-state index contributed by atoms with van der Waals surface area (Å²) >= 11 is 0. The molecule has 0 saturated carbocycles. The molecule has 0 amide bonds. The SMILES string of the molecule is COC1CC(NCO)C(O)C(C)O1. The van der Waals surface area contributed by atoms with Gasteiger partial charge in [-0.2, -0.15) is 0 Å². The van der Waals surface area contributed by atoms with Gasteiger partial charge in [0.2, 0.25) is 0 Å². The van der Waals surface area contributed by atoms with Crippen molar-refractivity contribution in [2.24, 2.45) is 0 Å². The summed E-state index contributed by atoms with van der Waals surface area (Å²) in [4.78, 5) is 0. The first-order valence-corrected chi connectivity index (χ1v) is 4.39. The van der Waals surface area contributed by atoms with Gasteiger partial charge in [-0.15, -0.1) is 0 Å². The molecule has 1 aliphatic heterocycles. The summed E-state index contributed by atoms with van der Waals surface area (Å²) < 4.78 is 10.4. The Morgan fingerprint density at radius 3 is 2.85 bits per heavy atom. The number of methoxy groups -OCH3 is 1. The number of nitrogens with one attached hydrogen (secondary N) is 1. The highest BCUT2D eigenvalue weighted by Gasteiger charge is 2.34. The maximum Gasteiger partial charge on any atom is 0.159 e. The average molecular weight is 191 g/mol. The van der Waals surface area contributed by atoms with Crippen LogP contribution < -0.4 is 5.32 Å². The Bertz CT molecular complexity index is 155. The van der Waals surface area contributed by atoms with Crippen LogP contribution in [-0.4, -0.2) is 48.6 Å². The Morgan fingerprint density at radius 1 is 1.62 bits per heavy atom. The third-order valence-electron chi connectivity index (χ3n) is 2.32. The van der Waals surface area contributed by atoms with Gasteiger partial charge in [0, 0.05) is 19.6 Å². The minimum Gasteiger partial charge on any atom is -0.389 e. The molecule has 5 nitrogen and oxygen atoms in total. The van der Waals surface area contributed by atoms with E-state index in [2.05, 4.69) is 5.32 Å². The van der Waals surface area contributed by atoms with Crippen molar-refractivity contribution in [1.29, 1.82) is 0 Å². The lowest BCUT2D eigenvalue weighted by Crippen LogP contribution is -2.53. The topological polar surface area (TPSA) is 71.0 Å². The summed E-state index contributed by atoms with van der Waals surface area (Å²) in [6.07, 6.45) is -0.633. The summed E-state index contributed by atoms with van der Waals surface area (Å²) in [5, 5.41) is 21.1. The summed E-state index contributed by atoms with van der Waals surface area (Å²) in [7, 11) is 1.56. The molecule has 5 heteroatoms. The monoisotopic (exact) mass is 191 g/mol. The predicted octanol–water partition coefficient (Wildman–Crippen LogP) is -0.963. The molecule has 1 saturated heterocycles. The second-order valence-corrected chi connectivity index (χ2v) is 3.20. The Balaban J connectivity index is 2.50. The van der Waals surface area contributed by atoms with Gasteiger partial charge in [-0.25, -0.2) is 0 Å². The van der Waals surface area contributed by atoms with Gasteiger partial charge in [0.1, 0.15) is 0 Å². The van der Waals surface area contributed by atoms with Gasteiger partial charge >= 0.3 is 0 Å². The molecule has 13 heavy (non-hydrogen) atoms. The maximum absolute atomic E-state index is 9.63. The van der Waals surface area contributed by atoms with E-state index in [-0.39, 0.29) is 25.2 Å². The second-order valence-electron chi connectivity index (χ2n) is 3.20. The summed E-state index contributed by atoms with van der Waals surface area (Å²) in [5.41, 5.74) is 0. The van der Waals surface area contributed by atoms with E-state index in [0.29, 0.717) is 6.42 Å².